The molecule has 0 aliphatic rings. The second kappa shape index (κ2) is 7.92. The van der Waals surface area contributed by atoms with Gasteiger partial charge in [-0.15, -0.1) is 0 Å². The number of hydrogen-bond donors (Lipinski definition) is 3. The normalized spacial score (nSPS) is 9.92. The Kier molecular flexibility index (Phi) is 5.68. The van der Waals surface area contributed by atoms with Crippen molar-refractivity contribution in [2.75, 3.05) is 17.2 Å². The fraction of sp³-hybridized carbons (Fsp3) is 0.167. The summed E-state index contributed by atoms with van der Waals surface area (Å²) in [6, 6.07) is 13.9. The zero-order valence-electron chi connectivity index (χ0n) is 13.6. The van der Waals surface area contributed by atoms with Crippen LogP contribution in [0.5, 0.6) is 0 Å². The third kappa shape index (κ3) is 4.95. The summed E-state index contributed by atoms with van der Waals surface area (Å²) in [5, 5.41) is 7.89. The lowest BCUT2D eigenvalue weighted by atomic mass is 10.1. The second-order valence-corrected chi connectivity index (χ2v) is 5.31. The molecule has 0 aromatic heterocycles. The molecule has 2 aromatic rings. The molecular formula is C18H19N3O3. The summed E-state index contributed by atoms with van der Waals surface area (Å²) >= 11 is 0. The molecule has 24 heavy (non-hydrogen) atoms. The molecule has 2 aromatic carbocycles. The summed E-state index contributed by atoms with van der Waals surface area (Å²) < 4.78 is 0. The van der Waals surface area contributed by atoms with E-state index < -0.39 is 0 Å². The van der Waals surface area contributed by atoms with Crippen LogP contribution >= 0.6 is 0 Å². The molecule has 6 heteroatoms. The van der Waals surface area contributed by atoms with Crippen LogP contribution in [0.3, 0.4) is 0 Å². The fourth-order valence-corrected chi connectivity index (χ4v) is 2.17. The maximum Gasteiger partial charge on any atom is 0.251 e. The van der Waals surface area contributed by atoms with Crippen molar-refractivity contribution in [3.8, 4) is 0 Å². The molecule has 2 rings (SSSR count). The van der Waals surface area contributed by atoms with Gasteiger partial charge in [0.1, 0.15) is 0 Å². The number of rotatable bonds is 5. The number of benzene rings is 2. The standard InChI is InChI=1S/C18H19N3O3/c1-12-6-3-4-9-16(12)18(24)19-11-17(23)21-15-8-5-7-14(10-15)20-13(2)22/h3-10H,11H2,1-2H3,(H,19,24)(H,20,22)(H,21,23). The van der Waals surface area contributed by atoms with E-state index >= 15 is 0 Å². The van der Waals surface area contributed by atoms with Crippen molar-refractivity contribution in [1.82, 2.24) is 5.32 Å². The fourth-order valence-electron chi connectivity index (χ4n) is 2.17. The number of carbonyl (C=O) groups is 3. The molecule has 0 atom stereocenters. The van der Waals surface area contributed by atoms with E-state index in [1.165, 1.54) is 6.92 Å². The topological polar surface area (TPSA) is 87.3 Å². The summed E-state index contributed by atoms with van der Waals surface area (Å²) in [5.74, 6) is -0.837. The molecule has 0 spiro atoms. The van der Waals surface area contributed by atoms with Crippen molar-refractivity contribution in [1.29, 1.82) is 0 Å². The van der Waals surface area contributed by atoms with Gasteiger partial charge >= 0.3 is 0 Å². The smallest absolute Gasteiger partial charge is 0.251 e. The zero-order chi connectivity index (χ0) is 17.5. The molecule has 0 aliphatic heterocycles. The van der Waals surface area contributed by atoms with Crippen LogP contribution in [0.2, 0.25) is 0 Å². The lowest BCUT2D eigenvalue weighted by molar-refractivity contribution is -0.115. The maximum atomic E-state index is 12.1. The largest absolute Gasteiger partial charge is 0.343 e. The molecule has 0 unspecified atom stereocenters. The van der Waals surface area contributed by atoms with Crippen molar-refractivity contribution in [2.24, 2.45) is 0 Å². The van der Waals surface area contributed by atoms with Crippen molar-refractivity contribution >= 4 is 29.1 Å². The van der Waals surface area contributed by atoms with E-state index in [4.69, 9.17) is 0 Å². The minimum atomic E-state index is -0.350. The zero-order valence-corrected chi connectivity index (χ0v) is 13.6. The quantitative estimate of drug-likeness (QED) is 0.788. The highest BCUT2D eigenvalue weighted by molar-refractivity contribution is 6.00. The van der Waals surface area contributed by atoms with Crippen LogP contribution in [0.15, 0.2) is 48.5 Å². The lowest BCUT2D eigenvalue weighted by Gasteiger charge is -2.09. The van der Waals surface area contributed by atoms with Crippen LogP contribution in [0.25, 0.3) is 0 Å². The average Bonchev–Trinajstić information content (AvgIpc) is 2.53. The molecule has 0 radical (unpaired) electrons. The lowest BCUT2D eigenvalue weighted by Crippen LogP contribution is -2.33. The van der Waals surface area contributed by atoms with E-state index in [9.17, 15) is 14.4 Å². The highest BCUT2D eigenvalue weighted by atomic mass is 16.2. The molecule has 0 saturated heterocycles. The van der Waals surface area contributed by atoms with E-state index in [-0.39, 0.29) is 24.3 Å². The van der Waals surface area contributed by atoms with Crippen molar-refractivity contribution in [3.05, 3.63) is 59.7 Å². The summed E-state index contributed by atoms with van der Waals surface area (Å²) in [5.41, 5.74) is 2.51. The molecule has 3 amide bonds. The first-order valence-electron chi connectivity index (χ1n) is 7.47. The van der Waals surface area contributed by atoms with Crippen LogP contribution in [-0.4, -0.2) is 24.3 Å². The van der Waals surface area contributed by atoms with Gasteiger partial charge in [-0.25, -0.2) is 0 Å². The average molecular weight is 325 g/mol. The van der Waals surface area contributed by atoms with Crippen LogP contribution in [0.4, 0.5) is 11.4 Å². The van der Waals surface area contributed by atoms with Crippen molar-refractivity contribution in [2.45, 2.75) is 13.8 Å². The predicted molar refractivity (Wildman–Crippen MR) is 92.9 cm³/mol. The number of hydrogen-bond acceptors (Lipinski definition) is 3. The van der Waals surface area contributed by atoms with E-state index in [2.05, 4.69) is 16.0 Å². The first-order chi connectivity index (χ1) is 11.5. The van der Waals surface area contributed by atoms with Gasteiger partial charge in [-0.05, 0) is 36.8 Å². The Morgan fingerprint density at radius 3 is 2.25 bits per heavy atom. The number of carbonyl (C=O) groups excluding carboxylic acids is 3. The SMILES string of the molecule is CC(=O)Nc1cccc(NC(=O)CNC(=O)c2ccccc2C)c1. The van der Waals surface area contributed by atoms with Gasteiger partial charge in [0.15, 0.2) is 0 Å². The Labute approximate surface area is 140 Å². The molecule has 0 fully saturated rings. The summed E-state index contributed by atoms with van der Waals surface area (Å²) in [7, 11) is 0. The van der Waals surface area contributed by atoms with Crippen LogP contribution in [0, 0.1) is 6.92 Å². The Bertz CT molecular complexity index is 772. The molecule has 124 valence electrons. The van der Waals surface area contributed by atoms with Crippen molar-refractivity contribution in [3.63, 3.8) is 0 Å². The number of amides is 3. The van der Waals surface area contributed by atoms with Crippen LogP contribution in [0.1, 0.15) is 22.8 Å². The van der Waals surface area contributed by atoms with E-state index in [1.807, 2.05) is 19.1 Å². The first-order valence-corrected chi connectivity index (χ1v) is 7.47. The van der Waals surface area contributed by atoms with Gasteiger partial charge in [-0.2, -0.15) is 0 Å². The maximum absolute atomic E-state index is 12.1. The summed E-state index contributed by atoms with van der Waals surface area (Å²) in [6.45, 7) is 3.10. The number of anilines is 2. The van der Waals surface area contributed by atoms with Gasteiger partial charge < -0.3 is 16.0 Å². The van der Waals surface area contributed by atoms with Gasteiger partial charge in [0.25, 0.3) is 5.91 Å². The van der Waals surface area contributed by atoms with Gasteiger partial charge in [0, 0.05) is 23.9 Å². The van der Waals surface area contributed by atoms with Gasteiger partial charge in [0.2, 0.25) is 11.8 Å². The van der Waals surface area contributed by atoms with Crippen molar-refractivity contribution < 1.29 is 14.4 Å². The minimum Gasteiger partial charge on any atom is -0.343 e. The highest BCUT2D eigenvalue weighted by Crippen LogP contribution is 2.14. The molecular weight excluding hydrogens is 306 g/mol. The van der Waals surface area contributed by atoms with Gasteiger partial charge in [-0.3, -0.25) is 14.4 Å². The molecule has 3 N–H and O–H groups in total. The Morgan fingerprint density at radius 1 is 0.917 bits per heavy atom. The summed E-state index contributed by atoms with van der Waals surface area (Å²) in [4.78, 5) is 35.1. The minimum absolute atomic E-state index is 0.141. The third-order valence-corrected chi connectivity index (χ3v) is 3.27. The molecule has 0 saturated carbocycles. The molecule has 0 bridgehead atoms. The molecule has 0 heterocycles. The van der Waals surface area contributed by atoms with E-state index in [1.54, 1.807) is 36.4 Å². The Morgan fingerprint density at radius 2 is 1.58 bits per heavy atom. The molecule has 0 aliphatic carbocycles. The highest BCUT2D eigenvalue weighted by Gasteiger charge is 2.10. The van der Waals surface area contributed by atoms with E-state index in [0.29, 0.717) is 16.9 Å². The van der Waals surface area contributed by atoms with E-state index in [0.717, 1.165) is 5.56 Å². The Hall–Kier alpha value is -3.15. The monoisotopic (exact) mass is 325 g/mol. The molecule has 6 nitrogen and oxygen atoms in total. The van der Waals surface area contributed by atoms with Gasteiger partial charge in [0.05, 0.1) is 6.54 Å². The predicted octanol–water partition coefficient (Wildman–Crippen LogP) is 2.32. The number of aryl methyl sites for hydroxylation is 1. The second-order valence-electron chi connectivity index (χ2n) is 5.31. The first kappa shape index (κ1) is 17.2. The van der Waals surface area contributed by atoms with Gasteiger partial charge in [-0.1, -0.05) is 24.3 Å². The number of nitrogens with one attached hydrogen (secondary N) is 3. The third-order valence-electron chi connectivity index (χ3n) is 3.27. The van der Waals surface area contributed by atoms with Crippen LogP contribution in [-0.2, 0) is 9.59 Å². The summed E-state index contributed by atoms with van der Waals surface area (Å²) in [6.07, 6.45) is 0. The van der Waals surface area contributed by atoms with Crippen LogP contribution < -0.4 is 16.0 Å². The Balaban J connectivity index is 1.91.